The molecule has 0 amide bonds. The van der Waals surface area contributed by atoms with E-state index in [9.17, 15) is 0 Å². The maximum absolute atomic E-state index is 3.57. The van der Waals surface area contributed by atoms with Crippen LogP contribution >= 0.6 is 11.8 Å². The molecule has 1 unspecified atom stereocenters. The van der Waals surface area contributed by atoms with Crippen LogP contribution in [-0.4, -0.2) is 12.8 Å². The van der Waals surface area contributed by atoms with Crippen LogP contribution in [-0.2, 0) is 0 Å². The molecule has 1 nitrogen and oxygen atoms in total. The van der Waals surface area contributed by atoms with Crippen molar-refractivity contribution < 1.29 is 0 Å². The topological polar surface area (TPSA) is 12.0 Å². The molecular formula is C17H21NS. The number of benzene rings is 2. The fourth-order valence-electron chi connectivity index (χ4n) is 2.28. The minimum absolute atomic E-state index is 0.279. The molecule has 0 spiro atoms. The Bertz CT molecular complexity index is 519. The van der Waals surface area contributed by atoms with Crippen molar-refractivity contribution in [3.8, 4) is 0 Å². The summed E-state index contributed by atoms with van der Waals surface area (Å²) in [6.07, 6.45) is 2.11. The van der Waals surface area contributed by atoms with Gasteiger partial charge in [0.15, 0.2) is 0 Å². The van der Waals surface area contributed by atoms with Crippen LogP contribution in [0.1, 0.15) is 29.7 Å². The predicted octanol–water partition coefficient (Wildman–Crippen LogP) is 4.42. The summed E-state index contributed by atoms with van der Waals surface area (Å²) in [5, 5.41) is 3.57. The van der Waals surface area contributed by atoms with Gasteiger partial charge in [-0.1, -0.05) is 48.9 Å². The summed E-state index contributed by atoms with van der Waals surface area (Å²) in [6.45, 7) is 5.26. The lowest BCUT2D eigenvalue weighted by atomic mass is 9.97. The summed E-state index contributed by atoms with van der Waals surface area (Å²) < 4.78 is 0. The molecule has 1 atom stereocenters. The van der Waals surface area contributed by atoms with E-state index in [1.807, 2.05) is 0 Å². The Kier molecular flexibility index (Phi) is 5.06. The zero-order valence-electron chi connectivity index (χ0n) is 11.8. The van der Waals surface area contributed by atoms with E-state index in [1.165, 1.54) is 21.6 Å². The van der Waals surface area contributed by atoms with Gasteiger partial charge >= 0.3 is 0 Å². The molecule has 2 aromatic rings. The van der Waals surface area contributed by atoms with E-state index in [0.29, 0.717) is 0 Å². The summed E-state index contributed by atoms with van der Waals surface area (Å²) in [5.41, 5.74) is 3.96. The van der Waals surface area contributed by atoms with E-state index >= 15 is 0 Å². The first kappa shape index (κ1) is 14.2. The normalized spacial score (nSPS) is 12.4. The molecular weight excluding hydrogens is 250 g/mol. The first-order valence-electron chi connectivity index (χ1n) is 6.68. The van der Waals surface area contributed by atoms with Crippen molar-refractivity contribution in [1.29, 1.82) is 0 Å². The first-order valence-corrected chi connectivity index (χ1v) is 7.91. The Morgan fingerprint density at radius 1 is 1.05 bits per heavy atom. The summed E-state index contributed by atoms with van der Waals surface area (Å²) >= 11 is 1.78. The molecule has 2 aromatic carbocycles. The van der Waals surface area contributed by atoms with E-state index in [-0.39, 0.29) is 6.04 Å². The highest BCUT2D eigenvalue weighted by molar-refractivity contribution is 7.98. The maximum Gasteiger partial charge on any atom is 0.0576 e. The molecule has 0 fully saturated rings. The standard InChI is InChI=1S/C17H21NS/c1-4-18-17(15-7-5-6-13(2)12-15)14-8-10-16(19-3)11-9-14/h5-12,17-18H,4H2,1-3H3. The van der Waals surface area contributed by atoms with Gasteiger partial charge in [0.25, 0.3) is 0 Å². The van der Waals surface area contributed by atoms with Gasteiger partial charge in [0.05, 0.1) is 6.04 Å². The van der Waals surface area contributed by atoms with Gasteiger partial charge in [-0.05, 0) is 43.0 Å². The predicted molar refractivity (Wildman–Crippen MR) is 84.9 cm³/mol. The van der Waals surface area contributed by atoms with Gasteiger partial charge in [-0.3, -0.25) is 0 Å². The first-order chi connectivity index (χ1) is 9.24. The molecule has 0 bridgehead atoms. The lowest BCUT2D eigenvalue weighted by Gasteiger charge is -2.19. The quantitative estimate of drug-likeness (QED) is 0.808. The number of hydrogen-bond donors (Lipinski definition) is 1. The lowest BCUT2D eigenvalue weighted by molar-refractivity contribution is 0.630. The maximum atomic E-state index is 3.57. The van der Waals surface area contributed by atoms with E-state index in [2.05, 4.69) is 74.0 Å². The molecule has 0 aliphatic rings. The zero-order chi connectivity index (χ0) is 13.7. The Morgan fingerprint density at radius 3 is 2.37 bits per heavy atom. The van der Waals surface area contributed by atoms with Gasteiger partial charge in [-0.2, -0.15) is 0 Å². The van der Waals surface area contributed by atoms with Gasteiger partial charge in [0.1, 0.15) is 0 Å². The largest absolute Gasteiger partial charge is 0.307 e. The van der Waals surface area contributed by atoms with Crippen LogP contribution in [0.25, 0.3) is 0 Å². The van der Waals surface area contributed by atoms with E-state index in [4.69, 9.17) is 0 Å². The number of thioether (sulfide) groups is 1. The van der Waals surface area contributed by atoms with Crippen LogP contribution in [0.2, 0.25) is 0 Å². The monoisotopic (exact) mass is 271 g/mol. The van der Waals surface area contributed by atoms with E-state index < -0.39 is 0 Å². The highest BCUT2D eigenvalue weighted by Crippen LogP contribution is 2.25. The zero-order valence-corrected chi connectivity index (χ0v) is 12.6. The fraction of sp³-hybridized carbons (Fsp3) is 0.294. The van der Waals surface area contributed by atoms with Crippen molar-refractivity contribution >= 4 is 11.8 Å². The summed E-state index contributed by atoms with van der Waals surface area (Å²) in [5.74, 6) is 0. The summed E-state index contributed by atoms with van der Waals surface area (Å²) in [7, 11) is 0. The smallest absolute Gasteiger partial charge is 0.0576 e. The molecule has 100 valence electrons. The molecule has 1 N–H and O–H groups in total. The third kappa shape index (κ3) is 3.62. The molecule has 0 aliphatic carbocycles. The average Bonchev–Trinajstić information content (AvgIpc) is 2.45. The van der Waals surface area contributed by atoms with Crippen LogP contribution < -0.4 is 5.32 Å². The van der Waals surface area contributed by atoms with Crippen LogP contribution in [0.3, 0.4) is 0 Å². The number of nitrogens with one attached hydrogen (secondary N) is 1. The summed E-state index contributed by atoms with van der Waals surface area (Å²) in [6, 6.07) is 17.8. The molecule has 2 heteroatoms. The molecule has 0 heterocycles. The third-order valence-electron chi connectivity index (χ3n) is 3.23. The lowest BCUT2D eigenvalue weighted by Crippen LogP contribution is -2.21. The molecule has 0 radical (unpaired) electrons. The van der Waals surface area contributed by atoms with Crippen LogP contribution in [0.5, 0.6) is 0 Å². The second-order valence-corrected chi connectivity index (χ2v) is 5.56. The molecule has 0 aromatic heterocycles. The Morgan fingerprint density at radius 2 is 1.79 bits per heavy atom. The van der Waals surface area contributed by atoms with Gasteiger partial charge < -0.3 is 5.32 Å². The molecule has 0 saturated carbocycles. The molecule has 19 heavy (non-hydrogen) atoms. The number of hydrogen-bond acceptors (Lipinski definition) is 2. The Hall–Kier alpha value is -1.25. The Balaban J connectivity index is 2.33. The van der Waals surface area contributed by atoms with Crippen molar-refractivity contribution in [3.05, 3.63) is 65.2 Å². The van der Waals surface area contributed by atoms with Gasteiger partial charge in [0, 0.05) is 4.90 Å². The van der Waals surface area contributed by atoms with Crippen molar-refractivity contribution in [2.45, 2.75) is 24.8 Å². The van der Waals surface area contributed by atoms with Crippen LogP contribution in [0.15, 0.2) is 53.4 Å². The summed E-state index contributed by atoms with van der Waals surface area (Å²) in [4.78, 5) is 1.31. The van der Waals surface area contributed by atoms with Crippen molar-refractivity contribution in [3.63, 3.8) is 0 Å². The Labute approximate surface area is 120 Å². The SMILES string of the molecule is CCNC(c1ccc(SC)cc1)c1cccc(C)c1. The highest BCUT2D eigenvalue weighted by atomic mass is 32.2. The molecule has 0 saturated heterocycles. The van der Waals surface area contributed by atoms with Crippen molar-refractivity contribution in [2.24, 2.45) is 0 Å². The van der Waals surface area contributed by atoms with E-state index in [1.54, 1.807) is 11.8 Å². The minimum Gasteiger partial charge on any atom is -0.307 e. The molecule has 0 aliphatic heterocycles. The number of rotatable bonds is 5. The second-order valence-electron chi connectivity index (χ2n) is 4.68. The second kappa shape index (κ2) is 6.78. The number of aryl methyl sites for hydroxylation is 1. The fourth-order valence-corrected chi connectivity index (χ4v) is 2.69. The van der Waals surface area contributed by atoms with Gasteiger partial charge in [0.2, 0.25) is 0 Å². The molecule has 2 rings (SSSR count). The van der Waals surface area contributed by atoms with Crippen LogP contribution in [0, 0.1) is 6.92 Å². The third-order valence-corrected chi connectivity index (χ3v) is 3.98. The van der Waals surface area contributed by atoms with Crippen molar-refractivity contribution in [1.82, 2.24) is 5.32 Å². The van der Waals surface area contributed by atoms with Crippen LogP contribution in [0.4, 0.5) is 0 Å². The van der Waals surface area contributed by atoms with Gasteiger partial charge in [-0.15, -0.1) is 11.8 Å². The highest BCUT2D eigenvalue weighted by Gasteiger charge is 2.12. The minimum atomic E-state index is 0.279. The van der Waals surface area contributed by atoms with Crippen molar-refractivity contribution in [2.75, 3.05) is 12.8 Å². The van der Waals surface area contributed by atoms with E-state index in [0.717, 1.165) is 6.54 Å². The van der Waals surface area contributed by atoms with Gasteiger partial charge in [-0.25, -0.2) is 0 Å². The average molecular weight is 271 g/mol.